The molecule has 0 saturated carbocycles. The van der Waals surface area contributed by atoms with E-state index >= 15 is 0 Å². The van der Waals surface area contributed by atoms with Gasteiger partial charge in [0.25, 0.3) is 0 Å². The number of pyridine rings is 1. The zero-order valence-corrected chi connectivity index (χ0v) is 21.2. The van der Waals surface area contributed by atoms with Crippen LogP contribution in [0, 0.1) is 12.8 Å². The normalized spacial score (nSPS) is 15.0. The van der Waals surface area contributed by atoms with Crippen LogP contribution in [-0.2, 0) is 4.79 Å². The number of aromatic nitrogens is 4. The summed E-state index contributed by atoms with van der Waals surface area (Å²) in [5, 5.41) is 7.99. The first kappa shape index (κ1) is 24.8. The number of H-pyrrole nitrogens is 1. The summed E-state index contributed by atoms with van der Waals surface area (Å²) in [5.41, 5.74) is 4.15. The Kier molecular flexibility index (Phi) is 7.41. The first-order valence-electron chi connectivity index (χ1n) is 12.8. The number of likely N-dealkylation sites (tertiary alicyclic amines) is 1. The number of carbonyl (C=O) groups is 2. The number of hydrogen-bond donors (Lipinski definition) is 2. The van der Waals surface area contributed by atoms with E-state index < -0.39 is 0 Å². The lowest BCUT2D eigenvalue weighted by atomic mass is 9.98. The molecule has 2 N–H and O–H groups in total. The molecular formula is C28H32N6O3. The van der Waals surface area contributed by atoms with Crippen molar-refractivity contribution in [3.05, 3.63) is 66.1 Å². The number of fused-ring (bicyclic) bond motifs is 1. The third-order valence-electron chi connectivity index (χ3n) is 6.92. The number of benzene rings is 1. The van der Waals surface area contributed by atoms with Gasteiger partial charge in [-0.05, 0) is 45.0 Å². The number of hydrogen-bond acceptors (Lipinski definition) is 7. The maximum atomic E-state index is 12.9. The molecule has 0 unspecified atom stereocenters. The average Bonchev–Trinajstić information content (AvgIpc) is 3.58. The van der Waals surface area contributed by atoms with Gasteiger partial charge in [0.05, 0.1) is 23.2 Å². The van der Waals surface area contributed by atoms with Crippen LogP contribution in [0.1, 0.15) is 60.2 Å². The summed E-state index contributed by atoms with van der Waals surface area (Å²) in [6.07, 6.45) is 6.96. The molecular weight excluding hydrogens is 468 g/mol. The quantitative estimate of drug-likeness (QED) is 0.230. The van der Waals surface area contributed by atoms with Gasteiger partial charge in [0.15, 0.2) is 5.78 Å². The van der Waals surface area contributed by atoms with E-state index in [4.69, 9.17) is 9.51 Å². The summed E-state index contributed by atoms with van der Waals surface area (Å²) in [6.45, 7) is 3.53. The first-order chi connectivity index (χ1) is 18.0. The van der Waals surface area contributed by atoms with Crippen LogP contribution >= 0.6 is 0 Å². The maximum Gasteiger partial charge on any atom is 0.226 e. The fraction of sp³-hybridized carbons (Fsp3) is 0.393. The molecule has 1 aliphatic rings. The highest BCUT2D eigenvalue weighted by molar-refractivity contribution is 5.93. The van der Waals surface area contributed by atoms with Gasteiger partial charge >= 0.3 is 0 Å². The Balaban J connectivity index is 1.24. The topological polar surface area (TPSA) is 117 Å². The molecule has 0 radical (unpaired) electrons. The zero-order valence-electron chi connectivity index (χ0n) is 21.2. The molecule has 0 spiro atoms. The fourth-order valence-corrected chi connectivity index (χ4v) is 4.78. The van der Waals surface area contributed by atoms with E-state index in [1.807, 2.05) is 38.4 Å². The Hall–Kier alpha value is -3.85. The van der Waals surface area contributed by atoms with Crippen molar-refractivity contribution in [3.8, 4) is 11.3 Å². The molecule has 3 aromatic heterocycles. The molecule has 9 nitrogen and oxygen atoms in total. The number of nitrogens with zero attached hydrogens (tertiary/aromatic N) is 4. The van der Waals surface area contributed by atoms with Gasteiger partial charge < -0.3 is 19.7 Å². The number of ketones is 1. The second-order valence-corrected chi connectivity index (χ2v) is 9.92. The monoisotopic (exact) mass is 500 g/mol. The van der Waals surface area contributed by atoms with Crippen molar-refractivity contribution in [2.75, 3.05) is 20.1 Å². The van der Waals surface area contributed by atoms with E-state index in [1.54, 1.807) is 6.07 Å². The minimum atomic E-state index is -0.219. The summed E-state index contributed by atoms with van der Waals surface area (Å²) in [4.78, 5) is 39.9. The van der Waals surface area contributed by atoms with Crippen LogP contribution in [0.3, 0.4) is 0 Å². The minimum Gasteiger partial charge on any atom is -0.364 e. The molecule has 1 atom stereocenters. The number of aromatic amines is 1. The Morgan fingerprint density at radius 3 is 2.78 bits per heavy atom. The summed E-state index contributed by atoms with van der Waals surface area (Å²) >= 11 is 0. The third kappa shape index (κ3) is 5.94. The number of nitrogens with one attached hydrogen (secondary N) is 2. The van der Waals surface area contributed by atoms with Crippen LogP contribution in [0.5, 0.6) is 0 Å². The number of aryl methyl sites for hydroxylation is 1. The molecule has 9 heteroatoms. The minimum absolute atomic E-state index is 0.0101. The molecule has 1 fully saturated rings. The van der Waals surface area contributed by atoms with E-state index in [2.05, 4.69) is 37.5 Å². The zero-order chi connectivity index (χ0) is 25.8. The smallest absolute Gasteiger partial charge is 0.226 e. The van der Waals surface area contributed by atoms with Crippen LogP contribution < -0.4 is 5.32 Å². The van der Waals surface area contributed by atoms with Gasteiger partial charge in [-0.1, -0.05) is 30.1 Å². The Bertz CT molecular complexity index is 1370. The molecule has 5 rings (SSSR count). The number of amides is 1. The van der Waals surface area contributed by atoms with E-state index in [0.29, 0.717) is 12.1 Å². The lowest BCUT2D eigenvalue weighted by Crippen LogP contribution is -2.52. The molecule has 192 valence electrons. The van der Waals surface area contributed by atoms with Gasteiger partial charge in [0.2, 0.25) is 5.91 Å². The molecule has 1 saturated heterocycles. The predicted octanol–water partition coefficient (Wildman–Crippen LogP) is 4.47. The lowest BCUT2D eigenvalue weighted by Gasteiger charge is -2.35. The van der Waals surface area contributed by atoms with Gasteiger partial charge in [0.1, 0.15) is 17.8 Å². The number of imidazole rings is 1. The number of rotatable bonds is 11. The predicted molar refractivity (Wildman–Crippen MR) is 140 cm³/mol. The van der Waals surface area contributed by atoms with Crippen molar-refractivity contribution in [2.24, 2.45) is 5.92 Å². The molecule has 4 aromatic rings. The molecule has 4 heterocycles. The third-order valence-corrected chi connectivity index (χ3v) is 6.92. The molecule has 1 amide bonds. The van der Waals surface area contributed by atoms with Crippen molar-refractivity contribution in [1.29, 1.82) is 0 Å². The second-order valence-electron chi connectivity index (χ2n) is 9.92. The van der Waals surface area contributed by atoms with Crippen molar-refractivity contribution >= 4 is 22.6 Å². The number of Topliss-reactive ketones (excluding diaryl/α,β-unsaturated/α-hetero) is 1. The lowest BCUT2D eigenvalue weighted by molar-refractivity contribution is -0.130. The van der Waals surface area contributed by atoms with Crippen molar-refractivity contribution < 1.29 is 14.1 Å². The molecule has 1 aliphatic heterocycles. The average molecular weight is 501 g/mol. The molecule has 1 aromatic carbocycles. The van der Waals surface area contributed by atoms with E-state index in [1.165, 1.54) is 6.26 Å². The van der Waals surface area contributed by atoms with Gasteiger partial charge in [-0.2, -0.15) is 0 Å². The summed E-state index contributed by atoms with van der Waals surface area (Å²) in [6, 6.07) is 11.6. The SMILES string of the molecule is Cc1ccc2cc(-c3c[nH]c([C@H](CCCCCC(=O)c4ccon4)NC(=O)C4CN(C)C4)n3)ccc2n1. The van der Waals surface area contributed by atoms with E-state index in [9.17, 15) is 9.59 Å². The van der Waals surface area contributed by atoms with E-state index in [0.717, 1.165) is 72.5 Å². The highest BCUT2D eigenvalue weighted by atomic mass is 16.5. The first-order valence-corrected chi connectivity index (χ1v) is 12.8. The Morgan fingerprint density at radius 2 is 2.00 bits per heavy atom. The molecule has 0 bridgehead atoms. The molecule has 0 aliphatic carbocycles. The highest BCUT2D eigenvalue weighted by Gasteiger charge is 2.31. The van der Waals surface area contributed by atoms with Crippen LogP contribution in [-0.4, -0.2) is 56.8 Å². The Labute approximate surface area is 215 Å². The van der Waals surface area contributed by atoms with Gasteiger partial charge in [-0.25, -0.2) is 4.98 Å². The van der Waals surface area contributed by atoms with Crippen molar-refractivity contribution in [3.63, 3.8) is 0 Å². The van der Waals surface area contributed by atoms with Crippen LogP contribution in [0.4, 0.5) is 0 Å². The maximum absolute atomic E-state index is 12.9. The van der Waals surface area contributed by atoms with Crippen molar-refractivity contribution in [1.82, 2.24) is 30.3 Å². The number of unbranched alkanes of at least 4 members (excludes halogenated alkanes) is 2. The van der Waals surface area contributed by atoms with Gasteiger partial charge in [-0.3, -0.25) is 14.6 Å². The van der Waals surface area contributed by atoms with Crippen LogP contribution in [0.2, 0.25) is 0 Å². The summed E-state index contributed by atoms with van der Waals surface area (Å²) in [5.74, 6) is 0.814. The van der Waals surface area contributed by atoms with Crippen molar-refractivity contribution in [2.45, 2.75) is 45.1 Å². The van der Waals surface area contributed by atoms with Crippen LogP contribution in [0.15, 0.2) is 53.4 Å². The number of carbonyl (C=O) groups excluding carboxylic acids is 2. The highest BCUT2D eigenvalue weighted by Crippen LogP contribution is 2.26. The second kappa shape index (κ2) is 11.0. The largest absolute Gasteiger partial charge is 0.364 e. The Morgan fingerprint density at radius 1 is 1.14 bits per heavy atom. The van der Waals surface area contributed by atoms with Gasteiger partial charge in [-0.15, -0.1) is 0 Å². The summed E-state index contributed by atoms with van der Waals surface area (Å²) in [7, 11) is 2.01. The fourth-order valence-electron chi connectivity index (χ4n) is 4.78. The van der Waals surface area contributed by atoms with E-state index in [-0.39, 0.29) is 23.7 Å². The summed E-state index contributed by atoms with van der Waals surface area (Å²) < 4.78 is 4.75. The van der Waals surface area contributed by atoms with Gasteiger partial charge in [0, 0.05) is 48.4 Å². The molecule has 37 heavy (non-hydrogen) atoms. The van der Waals surface area contributed by atoms with Crippen LogP contribution in [0.25, 0.3) is 22.2 Å². The standard InChI is InChI=1S/C28H32N6O3/c1-18-8-9-19-14-20(10-11-22(19)30-18)25-15-29-27(31-25)24(32-28(36)21-16-34(2)17-21)6-4-3-5-7-26(35)23-12-13-37-33-23/h8-15,21,24H,3-7,16-17H2,1-2H3,(H,29,31)(H,32,36)/t24-/m0/s1.